The second-order valence-electron chi connectivity index (χ2n) is 6.15. The van der Waals surface area contributed by atoms with E-state index >= 15 is 0 Å². The molecule has 25 heavy (non-hydrogen) atoms. The maximum Gasteiger partial charge on any atom is 0.312 e. The van der Waals surface area contributed by atoms with Crippen molar-refractivity contribution in [3.63, 3.8) is 0 Å². The average molecular weight is 336 g/mol. The number of aromatic amines is 1. The van der Waals surface area contributed by atoms with Crippen LogP contribution in [0.5, 0.6) is 0 Å². The van der Waals surface area contributed by atoms with Gasteiger partial charge in [0.2, 0.25) is 0 Å². The predicted octanol–water partition coefficient (Wildman–Crippen LogP) is 3.38. The second kappa shape index (κ2) is 6.81. The van der Waals surface area contributed by atoms with Gasteiger partial charge in [-0.1, -0.05) is 30.3 Å². The van der Waals surface area contributed by atoms with Crippen molar-refractivity contribution in [2.75, 3.05) is 6.54 Å². The number of aryl methyl sites for hydroxylation is 2. The van der Waals surface area contributed by atoms with Crippen LogP contribution in [-0.4, -0.2) is 28.5 Å². The highest BCUT2D eigenvalue weighted by molar-refractivity contribution is 5.99. The van der Waals surface area contributed by atoms with E-state index in [-0.39, 0.29) is 12.5 Å². The number of carbonyl (C=O) groups is 2. The Bertz CT molecular complexity index is 929. The summed E-state index contributed by atoms with van der Waals surface area (Å²) in [6, 6.07) is 14.4. The van der Waals surface area contributed by atoms with E-state index in [1.54, 1.807) is 30.3 Å². The van der Waals surface area contributed by atoms with E-state index in [4.69, 9.17) is 0 Å². The minimum Gasteiger partial charge on any atom is -0.481 e. The van der Waals surface area contributed by atoms with Crippen molar-refractivity contribution in [2.24, 2.45) is 0 Å². The number of carboxylic acids is 1. The van der Waals surface area contributed by atoms with Crippen molar-refractivity contribution in [2.45, 2.75) is 19.8 Å². The lowest BCUT2D eigenvalue weighted by atomic mass is 9.99. The van der Waals surface area contributed by atoms with Crippen LogP contribution in [0.25, 0.3) is 10.9 Å². The van der Waals surface area contributed by atoms with E-state index in [2.05, 4.69) is 10.3 Å². The number of fused-ring (bicyclic) bond motifs is 1. The molecule has 0 fully saturated rings. The van der Waals surface area contributed by atoms with Gasteiger partial charge in [0.05, 0.1) is 5.92 Å². The number of aromatic nitrogens is 1. The van der Waals surface area contributed by atoms with E-state index in [1.165, 1.54) is 0 Å². The van der Waals surface area contributed by atoms with Crippen molar-refractivity contribution in [1.82, 2.24) is 10.3 Å². The van der Waals surface area contributed by atoms with Gasteiger partial charge in [-0.2, -0.15) is 0 Å². The molecule has 0 aliphatic carbocycles. The first kappa shape index (κ1) is 16.8. The fraction of sp³-hybridized carbons (Fsp3) is 0.200. The minimum atomic E-state index is -0.959. The number of hydrogen-bond donors (Lipinski definition) is 3. The number of nitrogens with one attached hydrogen (secondary N) is 2. The molecule has 1 atom stereocenters. The molecule has 0 bridgehead atoms. The van der Waals surface area contributed by atoms with Gasteiger partial charge in [-0.3, -0.25) is 9.59 Å². The summed E-state index contributed by atoms with van der Waals surface area (Å²) in [5.74, 6) is -2.01. The van der Waals surface area contributed by atoms with Crippen LogP contribution in [0.3, 0.4) is 0 Å². The molecule has 5 heteroatoms. The van der Waals surface area contributed by atoms with E-state index in [0.29, 0.717) is 11.1 Å². The van der Waals surface area contributed by atoms with E-state index in [9.17, 15) is 14.7 Å². The molecule has 0 radical (unpaired) electrons. The normalized spacial score (nSPS) is 12.1. The summed E-state index contributed by atoms with van der Waals surface area (Å²) in [7, 11) is 0. The molecule has 128 valence electrons. The van der Waals surface area contributed by atoms with Gasteiger partial charge in [0.1, 0.15) is 0 Å². The largest absolute Gasteiger partial charge is 0.481 e. The van der Waals surface area contributed by atoms with Gasteiger partial charge in [-0.15, -0.1) is 0 Å². The molecule has 5 nitrogen and oxygen atoms in total. The first-order chi connectivity index (χ1) is 12.0. The quantitative estimate of drug-likeness (QED) is 0.668. The second-order valence-corrected chi connectivity index (χ2v) is 6.15. The van der Waals surface area contributed by atoms with Gasteiger partial charge in [0.25, 0.3) is 5.91 Å². The smallest absolute Gasteiger partial charge is 0.312 e. The molecule has 3 N–H and O–H groups in total. The first-order valence-corrected chi connectivity index (χ1v) is 8.12. The van der Waals surface area contributed by atoms with Gasteiger partial charge >= 0.3 is 5.97 Å². The Morgan fingerprint density at radius 2 is 1.84 bits per heavy atom. The van der Waals surface area contributed by atoms with Crippen LogP contribution in [0.1, 0.15) is 33.1 Å². The van der Waals surface area contributed by atoms with Gasteiger partial charge in [-0.25, -0.2) is 0 Å². The zero-order valence-corrected chi connectivity index (χ0v) is 14.2. The number of hydrogen-bond acceptors (Lipinski definition) is 2. The molecule has 1 aromatic heterocycles. The lowest BCUT2D eigenvalue weighted by molar-refractivity contribution is -0.138. The van der Waals surface area contributed by atoms with Crippen molar-refractivity contribution in [3.8, 4) is 0 Å². The number of carbonyl (C=O) groups excluding carboxylic acids is 1. The SMILES string of the molecule is Cc1[nH]c2ccc(C(=O)NCC(C(=O)O)c3ccccc3)cc2c1C. The predicted molar refractivity (Wildman–Crippen MR) is 96.9 cm³/mol. The molecular formula is C20H20N2O3. The molecule has 0 aliphatic heterocycles. The highest BCUT2D eigenvalue weighted by Gasteiger charge is 2.21. The minimum absolute atomic E-state index is 0.0430. The summed E-state index contributed by atoms with van der Waals surface area (Å²) >= 11 is 0. The Labute approximate surface area is 145 Å². The lowest BCUT2D eigenvalue weighted by Crippen LogP contribution is -2.31. The van der Waals surface area contributed by atoms with Gasteiger partial charge in [0, 0.05) is 28.7 Å². The summed E-state index contributed by atoms with van der Waals surface area (Å²) in [6.07, 6.45) is 0. The average Bonchev–Trinajstić information content (AvgIpc) is 2.89. The van der Waals surface area contributed by atoms with Gasteiger partial charge in [0.15, 0.2) is 0 Å². The number of amides is 1. The van der Waals surface area contributed by atoms with Crippen molar-refractivity contribution in [3.05, 3.63) is 70.9 Å². The van der Waals surface area contributed by atoms with E-state index < -0.39 is 11.9 Å². The molecule has 0 saturated carbocycles. The van der Waals surface area contributed by atoms with Gasteiger partial charge < -0.3 is 15.4 Å². The molecule has 0 spiro atoms. The summed E-state index contributed by atoms with van der Waals surface area (Å²) < 4.78 is 0. The standard InChI is InChI=1S/C20H20N2O3/c1-12-13(2)22-18-9-8-15(10-16(12)18)19(23)21-11-17(20(24)25)14-6-4-3-5-7-14/h3-10,17,22H,11H2,1-2H3,(H,21,23)(H,24,25). The highest BCUT2D eigenvalue weighted by Crippen LogP contribution is 2.22. The Morgan fingerprint density at radius 1 is 1.12 bits per heavy atom. The fourth-order valence-electron chi connectivity index (χ4n) is 2.93. The number of rotatable bonds is 5. The van der Waals surface area contributed by atoms with Crippen LogP contribution >= 0.6 is 0 Å². The van der Waals surface area contributed by atoms with E-state index in [1.807, 2.05) is 32.0 Å². The van der Waals surface area contributed by atoms with Crippen molar-refractivity contribution >= 4 is 22.8 Å². The van der Waals surface area contributed by atoms with Crippen LogP contribution in [0.2, 0.25) is 0 Å². The number of carboxylic acid groups (broad SMARTS) is 1. The summed E-state index contributed by atoms with van der Waals surface area (Å²) in [5.41, 5.74) is 4.36. The summed E-state index contributed by atoms with van der Waals surface area (Å²) in [5, 5.41) is 13.2. The molecule has 1 unspecified atom stereocenters. The first-order valence-electron chi connectivity index (χ1n) is 8.12. The molecule has 2 aromatic carbocycles. The van der Waals surface area contributed by atoms with Crippen molar-refractivity contribution < 1.29 is 14.7 Å². The van der Waals surface area contributed by atoms with Crippen molar-refractivity contribution in [1.29, 1.82) is 0 Å². The van der Waals surface area contributed by atoms with Crippen LogP contribution in [0.15, 0.2) is 48.5 Å². The number of benzene rings is 2. The Morgan fingerprint density at radius 3 is 2.52 bits per heavy atom. The Kier molecular flexibility index (Phi) is 4.57. The molecule has 3 rings (SSSR count). The Hall–Kier alpha value is -3.08. The third kappa shape index (κ3) is 3.40. The summed E-state index contributed by atoms with van der Waals surface area (Å²) in [6.45, 7) is 4.04. The van der Waals surface area contributed by atoms with Crippen LogP contribution in [0.4, 0.5) is 0 Å². The van der Waals surface area contributed by atoms with Crippen LogP contribution in [-0.2, 0) is 4.79 Å². The molecule has 0 saturated heterocycles. The Balaban J connectivity index is 1.77. The fourth-order valence-corrected chi connectivity index (χ4v) is 2.93. The molecule has 0 aliphatic rings. The van der Waals surface area contributed by atoms with E-state index in [0.717, 1.165) is 22.2 Å². The van der Waals surface area contributed by atoms with Gasteiger partial charge in [-0.05, 0) is 43.2 Å². The lowest BCUT2D eigenvalue weighted by Gasteiger charge is -2.14. The zero-order valence-electron chi connectivity index (χ0n) is 14.2. The topological polar surface area (TPSA) is 82.2 Å². The molecular weight excluding hydrogens is 316 g/mol. The monoisotopic (exact) mass is 336 g/mol. The number of aliphatic carboxylic acids is 1. The molecule has 3 aromatic rings. The molecule has 1 heterocycles. The zero-order chi connectivity index (χ0) is 18.0. The third-order valence-electron chi connectivity index (χ3n) is 4.54. The number of H-pyrrole nitrogens is 1. The van der Waals surface area contributed by atoms with Crippen LogP contribution in [0, 0.1) is 13.8 Å². The summed E-state index contributed by atoms with van der Waals surface area (Å²) in [4.78, 5) is 27.2. The maximum absolute atomic E-state index is 12.5. The third-order valence-corrected chi connectivity index (χ3v) is 4.54. The highest BCUT2D eigenvalue weighted by atomic mass is 16.4. The van der Waals surface area contributed by atoms with Crippen LogP contribution < -0.4 is 5.32 Å². The molecule has 1 amide bonds. The maximum atomic E-state index is 12.5.